The summed E-state index contributed by atoms with van der Waals surface area (Å²) in [5, 5.41) is 0. The number of nitrogens with two attached hydrogens (primary N) is 1. The van der Waals surface area contributed by atoms with Crippen LogP contribution in [0.1, 0.15) is 29.9 Å². The van der Waals surface area contributed by atoms with Gasteiger partial charge in [-0.25, -0.2) is 0 Å². The summed E-state index contributed by atoms with van der Waals surface area (Å²) in [5.41, 5.74) is 8.38. The molecule has 0 amide bonds. The first-order chi connectivity index (χ1) is 7.33. The van der Waals surface area contributed by atoms with Crippen molar-refractivity contribution >= 4 is 0 Å². The molecule has 2 nitrogen and oxygen atoms in total. The lowest BCUT2D eigenvalue weighted by atomic mass is 9.99. The summed E-state index contributed by atoms with van der Waals surface area (Å²) < 4.78 is 5.38. The van der Waals surface area contributed by atoms with Gasteiger partial charge < -0.3 is 10.2 Å². The fourth-order valence-corrected chi connectivity index (χ4v) is 1.75. The quantitative estimate of drug-likeness (QED) is 0.829. The molecule has 1 heterocycles. The zero-order valence-corrected chi connectivity index (χ0v) is 8.81. The van der Waals surface area contributed by atoms with Gasteiger partial charge in [0.05, 0.1) is 12.3 Å². The summed E-state index contributed by atoms with van der Waals surface area (Å²) in [4.78, 5) is 0. The van der Waals surface area contributed by atoms with E-state index in [2.05, 4.69) is 6.92 Å². The Morgan fingerprint density at radius 3 is 2.60 bits per heavy atom. The Bertz CT molecular complexity index is 419. The molecule has 2 heteroatoms. The van der Waals surface area contributed by atoms with Crippen LogP contribution in [0.4, 0.5) is 0 Å². The molecule has 0 saturated carbocycles. The molecule has 0 fully saturated rings. The Morgan fingerprint density at radius 2 is 1.93 bits per heavy atom. The molecule has 0 aliphatic carbocycles. The minimum absolute atomic E-state index is 0.0834. The minimum Gasteiger partial charge on any atom is -0.469 e. The van der Waals surface area contributed by atoms with Crippen molar-refractivity contribution in [3.05, 3.63) is 59.5 Å². The Balaban J connectivity index is 2.32. The van der Waals surface area contributed by atoms with Crippen molar-refractivity contribution in [2.75, 3.05) is 0 Å². The van der Waals surface area contributed by atoms with Crippen molar-refractivity contribution in [3.8, 4) is 0 Å². The van der Waals surface area contributed by atoms with Gasteiger partial charge in [-0.2, -0.15) is 0 Å². The van der Waals surface area contributed by atoms with Crippen LogP contribution in [0.15, 0.2) is 47.1 Å². The highest BCUT2D eigenvalue weighted by molar-refractivity contribution is 5.32. The largest absolute Gasteiger partial charge is 0.469 e. The zero-order chi connectivity index (χ0) is 10.7. The molecule has 2 rings (SSSR count). The number of benzene rings is 1. The number of hydrogen-bond acceptors (Lipinski definition) is 2. The summed E-state index contributed by atoms with van der Waals surface area (Å²) in [5.74, 6) is 0.978. The average molecular weight is 201 g/mol. The van der Waals surface area contributed by atoms with E-state index >= 15 is 0 Å². The van der Waals surface area contributed by atoms with Gasteiger partial charge >= 0.3 is 0 Å². The van der Waals surface area contributed by atoms with E-state index in [9.17, 15) is 0 Å². The molecule has 2 N–H and O–H groups in total. The molecule has 78 valence electrons. The fraction of sp³-hybridized carbons (Fsp3) is 0.231. The van der Waals surface area contributed by atoms with Gasteiger partial charge in [-0.05, 0) is 11.6 Å². The Hall–Kier alpha value is -1.54. The van der Waals surface area contributed by atoms with Gasteiger partial charge in [0, 0.05) is 12.0 Å². The lowest BCUT2D eigenvalue weighted by molar-refractivity contribution is 0.509. The first-order valence-corrected chi connectivity index (χ1v) is 5.19. The lowest BCUT2D eigenvalue weighted by Crippen LogP contribution is -2.12. The minimum atomic E-state index is -0.0834. The second-order valence-corrected chi connectivity index (χ2v) is 3.54. The van der Waals surface area contributed by atoms with E-state index in [4.69, 9.17) is 10.2 Å². The van der Waals surface area contributed by atoms with Crippen LogP contribution in [0.3, 0.4) is 0 Å². The van der Waals surface area contributed by atoms with Crippen molar-refractivity contribution in [2.45, 2.75) is 19.4 Å². The normalized spacial score (nSPS) is 12.7. The van der Waals surface area contributed by atoms with Crippen LogP contribution in [-0.2, 0) is 6.42 Å². The molecular formula is C13H15NO. The molecule has 1 atom stereocenters. The Labute approximate surface area is 89.7 Å². The molecule has 1 aromatic carbocycles. The summed E-state index contributed by atoms with van der Waals surface area (Å²) in [7, 11) is 0. The summed E-state index contributed by atoms with van der Waals surface area (Å²) in [6.45, 7) is 2.07. The molecule has 0 aliphatic heterocycles. The first-order valence-electron chi connectivity index (χ1n) is 5.19. The fourth-order valence-electron chi connectivity index (χ4n) is 1.75. The van der Waals surface area contributed by atoms with Gasteiger partial charge in [-0.1, -0.05) is 37.3 Å². The predicted molar refractivity (Wildman–Crippen MR) is 60.6 cm³/mol. The average Bonchev–Trinajstić information content (AvgIpc) is 2.77. The van der Waals surface area contributed by atoms with E-state index < -0.39 is 0 Å². The molecule has 0 spiro atoms. The number of furan rings is 1. The highest BCUT2D eigenvalue weighted by atomic mass is 16.3. The molecule has 1 unspecified atom stereocenters. The van der Waals surface area contributed by atoms with Crippen LogP contribution in [-0.4, -0.2) is 0 Å². The molecule has 0 bridgehead atoms. The molecule has 15 heavy (non-hydrogen) atoms. The number of hydrogen-bond donors (Lipinski definition) is 1. The maximum Gasteiger partial charge on any atom is 0.108 e. The zero-order valence-electron chi connectivity index (χ0n) is 8.81. The van der Waals surface area contributed by atoms with Crippen molar-refractivity contribution in [1.82, 2.24) is 0 Å². The lowest BCUT2D eigenvalue weighted by Gasteiger charge is -2.11. The number of aryl methyl sites for hydroxylation is 1. The van der Waals surface area contributed by atoms with Gasteiger partial charge in [0.25, 0.3) is 0 Å². The first kappa shape index (κ1) is 9.99. The van der Waals surface area contributed by atoms with Crippen molar-refractivity contribution in [1.29, 1.82) is 0 Å². The van der Waals surface area contributed by atoms with Gasteiger partial charge in [0.2, 0.25) is 0 Å². The van der Waals surface area contributed by atoms with E-state index in [1.54, 1.807) is 6.26 Å². The highest BCUT2D eigenvalue weighted by Crippen LogP contribution is 2.23. The molecule has 0 aliphatic rings. The van der Waals surface area contributed by atoms with Crippen LogP contribution >= 0.6 is 0 Å². The molecule has 1 aromatic heterocycles. The molecule has 2 aromatic rings. The van der Waals surface area contributed by atoms with Crippen LogP contribution in [0.5, 0.6) is 0 Å². The van der Waals surface area contributed by atoms with Gasteiger partial charge in [-0.3, -0.25) is 0 Å². The topological polar surface area (TPSA) is 39.2 Å². The molecular weight excluding hydrogens is 186 g/mol. The maximum atomic E-state index is 6.18. The van der Waals surface area contributed by atoms with Gasteiger partial charge in [0.15, 0.2) is 0 Å². The number of rotatable bonds is 3. The van der Waals surface area contributed by atoms with Crippen molar-refractivity contribution in [3.63, 3.8) is 0 Å². The van der Waals surface area contributed by atoms with Crippen molar-refractivity contribution in [2.24, 2.45) is 5.73 Å². The Morgan fingerprint density at radius 1 is 1.20 bits per heavy atom. The van der Waals surface area contributed by atoms with Gasteiger partial charge in [-0.15, -0.1) is 0 Å². The van der Waals surface area contributed by atoms with Crippen LogP contribution < -0.4 is 5.73 Å². The second-order valence-electron chi connectivity index (χ2n) is 3.54. The summed E-state index contributed by atoms with van der Waals surface area (Å²) in [6, 6.07) is 11.9. The SMILES string of the molecule is CCc1occc1C(N)c1ccccc1. The van der Waals surface area contributed by atoms with E-state index in [0.717, 1.165) is 23.3 Å². The Kier molecular flexibility index (Phi) is 2.88. The highest BCUT2D eigenvalue weighted by Gasteiger charge is 2.14. The predicted octanol–water partition coefficient (Wildman–Crippen LogP) is 2.89. The third kappa shape index (κ3) is 1.95. The monoisotopic (exact) mass is 201 g/mol. The van der Waals surface area contributed by atoms with E-state index in [0.29, 0.717) is 0 Å². The third-order valence-corrected chi connectivity index (χ3v) is 2.59. The van der Waals surface area contributed by atoms with Crippen LogP contribution in [0, 0.1) is 0 Å². The summed E-state index contributed by atoms with van der Waals surface area (Å²) >= 11 is 0. The maximum absolute atomic E-state index is 6.18. The van der Waals surface area contributed by atoms with Gasteiger partial charge in [0.1, 0.15) is 5.76 Å². The van der Waals surface area contributed by atoms with E-state index in [1.807, 2.05) is 36.4 Å². The van der Waals surface area contributed by atoms with Crippen molar-refractivity contribution < 1.29 is 4.42 Å². The molecule has 0 radical (unpaired) electrons. The van der Waals surface area contributed by atoms with Crippen LogP contribution in [0.2, 0.25) is 0 Å². The van der Waals surface area contributed by atoms with E-state index in [-0.39, 0.29) is 6.04 Å². The second kappa shape index (κ2) is 4.32. The summed E-state index contributed by atoms with van der Waals surface area (Å²) in [6.07, 6.45) is 2.58. The van der Waals surface area contributed by atoms with E-state index in [1.165, 1.54) is 0 Å². The third-order valence-electron chi connectivity index (χ3n) is 2.59. The smallest absolute Gasteiger partial charge is 0.108 e. The standard InChI is InChI=1S/C13H15NO/c1-2-12-11(8-9-15-12)13(14)10-6-4-3-5-7-10/h3-9,13H,2,14H2,1H3. The van der Waals surface area contributed by atoms with Crippen LogP contribution in [0.25, 0.3) is 0 Å². The molecule has 0 saturated heterocycles.